The van der Waals surface area contributed by atoms with Crippen LogP contribution in [0.1, 0.15) is 6.92 Å². The first-order valence-corrected chi connectivity index (χ1v) is 3.47. The Morgan fingerprint density at radius 3 is 3.10 bits per heavy atom. The monoisotopic (exact) mass is 131 g/mol. The van der Waals surface area contributed by atoms with Gasteiger partial charge < -0.3 is 0 Å². The second-order valence-corrected chi connectivity index (χ2v) is 2.60. The molecule has 1 heteroatoms. The minimum atomic E-state index is 0.324. The summed E-state index contributed by atoms with van der Waals surface area (Å²) in [7, 11) is 0. The first-order chi connectivity index (χ1) is 4.88. The van der Waals surface area contributed by atoms with Crippen molar-refractivity contribution in [1.29, 1.82) is 0 Å². The number of hydrogen-bond donors (Lipinski definition) is 0. The summed E-state index contributed by atoms with van der Waals surface area (Å²) in [6, 6.07) is 0.324. The predicted molar refractivity (Wildman–Crippen MR) is 43.3 cm³/mol. The number of rotatable bonds is 0. The highest BCUT2D eigenvalue weighted by Crippen LogP contribution is 2.24. The lowest BCUT2D eigenvalue weighted by Crippen LogP contribution is -2.04. The molecule has 1 aliphatic heterocycles. The van der Waals surface area contributed by atoms with Crippen molar-refractivity contribution in [3.8, 4) is 0 Å². The van der Waals surface area contributed by atoms with Crippen LogP contribution in [0.15, 0.2) is 40.4 Å². The van der Waals surface area contributed by atoms with Crippen LogP contribution >= 0.6 is 0 Å². The van der Waals surface area contributed by atoms with E-state index in [0.29, 0.717) is 6.04 Å². The highest BCUT2D eigenvalue weighted by atomic mass is 14.8. The normalized spacial score (nSPS) is 27.9. The largest absolute Gasteiger partial charge is 0.281 e. The third-order valence-electron chi connectivity index (χ3n) is 1.91. The third-order valence-corrected chi connectivity index (χ3v) is 1.91. The Hall–Kier alpha value is -1.11. The van der Waals surface area contributed by atoms with Crippen LogP contribution in [0, 0.1) is 0 Å². The molecule has 0 amide bonds. The van der Waals surface area contributed by atoms with Gasteiger partial charge in [-0.3, -0.25) is 4.99 Å². The quantitative estimate of drug-likeness (QED) is 0.476. The predicted octanol–water partition coefficient (Wildman–Crippen LogP) is 1.88. The minimum Gasteiger partial charge on any atom is -0.281 e. The maximum absolute atomic E-state index is 4.26. The Morgan fingerprint density at radius 1 is 1.40 bits per heavy atom. The van der Waals surface area contributed by atoms with Gasteiger partial charge in [0.15, 0.2) is 0 Å². The first kappa shape index (κ1) is 5.66. The van der Waals surface area contributed by atoms with E-state index < -0.39 is 0 Å². The fraction of sp³-hybridized carbons (Fsp3) is 0.222. The summed E-state index contributed by atoms with van der Waals surface area (Å²) in [4.78, 5) is 4.26. The molecule has 0 N–H and O–H groups in total. The van der Waals surface area contributed by atoms with E-state index in [0.717, 1.165) is 0 Å². The Balaban J connectivity index is 2.44. The Kier molecular flexibility index (Phi) is 1.10. The molecule has 50 valence electrons. The molecule has 2 aliphatic rings. The van der Waals surface area contributed by atoms with E-state index in [1.54, 1.807) is 0 Å². The van der Waals surface area contributed by atoms with Crippen molar-refractivity contribution in [3.05, 3.63) is 35.5 Å². The standard InChI is InChI=1S/C9H9N/c1-7-3-2-4-9-8(7)5-6-10-9/h2-6,9H,1H3. The summed E-state index contributed by atoms with van der Waals surface area (Å²) in [6.07, 6.45) is 10.3. The van der Waals surface area contributed by atoms with Gasteiger partial charge in [-0.1, -0.05) is 18.2 Å². The van der Waals surface area contributed by atoms with Crippen molar-refractivity contribution in [2.24, 2.45) is 4.99 Å². The van der Waals surface area contributed by atoms with Crippen molar-refractivity contribution in [2.75, 3.05) is 0 Å². The van der Waals surface area contributed by atoms with Crippen LogP contribution in [-0.2, 0) is 0 Å². The van der Waals surface area contributed by atoms with E-state index in [4.69, 9.17) is 0 Å². The molecular formula is C9H9N. The van der Waals surface area contributed by atoms with Crippen molar-refractivity contribution < 1.29 is 0 Å². The number of fused-ring (bicyclic) bond motifs is 1. The smallest absolute Gasteiger partial charge is 0.0936 e. The zero-order valence-electron chi connectivity index (χ0n) is 5.91. The van der Waals surface area contributed by atoms with Crippen LogP contribution in [-0.4, -0.2) is 12.3 Å². The van der Waals surface area contributed by atoms with Gasteiger partial charge in [0.1, 0.15) is 0 Å². The molecular weight excluding hydrogens is 122 g/mol. The molecule has 0 aromatic heterocycles. The Bertz CT molecular complexity index is 266. The zero-order valence-corrected chi connectivity index (χ0v) is 5.91. The molecule has 0 spiro atoms. The van der Waals surface area contributed by atoms with Crippen LogP contribution in [0.25, 0.3) is 0 Å². The SMILES string of the molecule is CC1=CC=CC2N=CC=C12. The molecule has 1 aliphatic carbocycles. The van der Waals surface area contributed by atoms with Crippen LogP contribution < -0.4 is 0 Å². The van der Waals surface area contributed by atoms with E-state index in [1.165, 1.54) is 11.1 Å². The molecule has 2 rings (SSSR count). The molecule has 0 bridgehead atoms. The van der Waals surface area contributed by atoms with Crippen molar-refractivity contribution >= 4 is 6.21 Å². The van der Waals surface area contributed by atoms with Gasteiger partial charge in [0.2, 0.25) is 0 Å². The summed E-state index contributed by atoms with van der Waals surface area (Å²) in [5, 5.41) is 0. The van der Waals surface area contributed by atoms with E-state index in [2.05, 4.69) is 36.2 Å². The van der Waals surface area contributed by atoms with Crippen LogP contribution in [0.3, 0.4) is 0 Å². The molecule has 0 radical (unpaired) electrons. The molecule has 1 atom stereocenters. The highest BCUT2D eigenvalue weighted by molar-refractivity contribution is 5.79. The molecule has 0 aromatic rings. The summed E-state index contributed by atoms with van der Waals surface area (Å²) in [6.45, 7) is 2.12. The van der Waals surface area contributed by atoms with Gasteiger partial charge in [-0.2, -0.15) is 0 Å². The van der Waals surface area contributed by atoms with Crippen molar-refractivity contribution in [2.45, 2.75) is 13.0 Å². The van der Waals surface area contributed by atoms with Crippen molar-refractivity contribution in [1.82, 2.24) is 0 Å². The average molecular weight is 131 g/mol. The average Bonchev–Trinajstić information content (AvgIpc) is 2.36. The van der Waals surface area contributed by atoms with E-state index in [-0.39, 0.29) is 0 Å². The lowest BCUT2D eigenvalue weighted by molar-refractivity contribution is 0.974. The highest BCUT2D eigenvalue weighted by Gasteiger charge is 2.15. The van der Waals surface area contributed by atoms with E-state index in [1.807, 2.05) is 6.21 Å². The second kappa shape index (κ2) is 1.94. The molecule has 1 heterocycles. The molecule has 0 fully saturated rings. The Labute approximate surface area is 60.5 Å². The van der Waals surface area contributed by atoms with Gasteiger partial charge in [-0.05, 0) is 24.1 Å². The lowest BCUT2D eigenvalue weighted by Gasteiger charge is -2.11. The van der Waals surface area contributed by atoms with E-state index in [9.17, 15) is 0 Å². The molecule has 10 heavy (non-hydrogen) atoms. The van der Waals surface area contributed by atoms with Crippen molar-refractivity contribution in [3.63, 3.8) is 0 Å². The zero-order chi connectivity index (χ0) is 6.97. The van der Waals surface area contributed by atoms with Gasteiger partial charge in [0, 0.05) is 6.21 Å². The Morgan fingerprint density at radius 2 is 2.30 bits per heavy atom. The second-order valence-electron chi connectivity index (χ2n) is 2.60. The van der Waals surface area contributed by atoms with Crippen LogP contribution in [0.4, 0.5) is 0 Å². The summed E-state index contributed by atoms with van der Waals surface area (Å²) in [5.41, 5.74) is 2.69. The molecule has 1 unspecified atom stereocenters. The molecule has 0 aromatic carbocycles. The van der Waals surface area contributed by atoms with Gasteiger partial charge >= 0.3 is 0 Å². The van der Waals surface area contributed by atoms with Crippen LogP contribution in [0.5, 0.6) is 0 Å². The summed E-state index contributed by atoms with van der Waals surface area (Å²) in [5.74, 6) is 0. The van der Waals surface area contributed by atoms with Gasteiger partial charge in [-0.15, -0.1) is 0 Å². The fourth-order valence-corrected chi connectivity index (χ4v) is 1.31. The summed E-state index contributed by atoms with van der Waals surface area (Å²) >= 11 is 0. The van der Waals surface area contributed by atoms with Crippen LogP contribution in [0.2, 0.25) is 0 Å². The van der Waals surface area contributed by atoms with E-state index >= 15 is 0 Å². The number of allylic oxidation sites excluding steroid dienone is 3. The molecule has 0 saturated carbocycles. The maximum atomic E-state index is 4.26. The van der Waals surface area contributed by atoms with Gasteiger partial charge in [-0.25, -0.2) is 0 Å². The number of aliphatic imine (C=N–C) groups is 1. The minimum absolute atomic E-state index is 0.324. The number of nitrogens with zero attached hydrogens (tertiary/aromatic N) is 1. The third kappa shape index (κ3) is 0.670. The number of hydrogen-bond acceptors (Lipinski definition) is 1. The molecule has 0 saturated heterocycles. The summed E-state index contributed by atoms with van der Waals surface area (Å²) < 4.78 is 0. The topological polar surface area (TPSA) is 12.4 Å². The fourth-order valence-electron chi connectivity index (χ4n) is 1.31. The van der Waals surface area contributed by atoms with Gasteiger partial charge in [0.05, 0.1) is 6.04 Å². The maximum Gasteiger partial charge on any atom is 0.0936 e. The first-order valence-electron chi connectivity index (χ1n) is 3.47. The lowest BCUT2D eigenvalue weighted by atomic mass is 9.97. The van der Waals surface area contributed by atoms with Gasteiger partial charge in [0.25, 0.3) is 0 Å². The molecule has 1 nitrogen and oxygen atoms in total.